The number of nitrogens with one attached hydrogen (secondary N) is 2. The van der Waals surface area contributed by atoms with E-state index >= 15 is 0 Å². The van der Waals surface area contributed by atoms with E-state index in [2.05, 4.69) is 78.5 Å². The zero-order chi connectivity index (χ0) is 18.3. The van der Waals surface area contributed by atoms with Gasteiger partial charge >= 0.3 is 0 Å². The van der Waals surface area contributed by atoms with Crippen LogP contribution >= 0.6 is 47.8 Å². The summed E-state index contributed by atoms with van der Waals surface area (Å²) in [6.07, 6.45) is 1.54. The minimum absolute atomic E-state index is 0.0899. The maximum absolute atomic E-state index is 9.98. The number of fused-ring (bicyclic) bond motifs is 3. The second-order valence-corrected chi connectivity index (χ2v) is 7.79. The van der Waals surface area contributed by atoms with Gasteiger partial charge in [-0.3, -0.25) is 0 Å². The van der Waals surface area contributed by atoms with Gasteiger partial charge in [0, 0.05) is 20.9 Å². The molecular formula is C16H9Br3N6O. The van der Waals surface area contributed by atoms with Gasteiger partial charge in [0.05, 0.1) is 15.2 Å². The van der Waals surface area contributed by atoms with Crippen LogP contribution in [0.5, 0.6) is 5.75 Å². The lowest BCUT2D eigenvalue weighted by Crippen LogP contribution is -1.99. The summed E-state index contributed by atoms with van der Waals surface area (Å²) in [6.45, 7) is 0. The van der Waals surface area contributed by atoms with Gasteiger partial charge in [0.25, 0.3) is 5.95 Å². The number of aromatic nitrogens is 4. The van der Waals surface area contributed by atoms with Crippen LogP contribution in [0, 0.1) is 0 Å². The van der Waals surface area contributed by atoms with E-state index < -0.39 is 0 Å². The van der Waals surface area contributed by atoms with Gasteiger partial charge in [-0.1, -0.05) is 34.1 Å². The van der Waals surface area contributed by atoms with Crippen molar-refractivity contribution >= 4 is 82.0 Å². The van der Waals surface area contributed by atoms with Gasteiger partial charge in [0.1, 0.15) is 11.3 Å². The van der Waals surface area contributed by atoms with Crippen molar-refractivity contribution < 1.29 is 5.11 Å². The molecule has 26 heavy (non-hydrogen) atoms. The van der Waals surface area contributed by atoms with Gasteiger partial charge < -0.3 is 10.1 Å². The second kappa shape index (κ2) is 6.93. The maximum atomic E-state index is 9.98. The third kappa shape index (κ3) is 3.08. The predicted octanol–water partition coefficient (Wildman–Crippen LogP) is 4.95. The Bertz CT molecular complexity index is 1170. The van der Waals surface area contributed by atoms with E-state index in [0.29, 0.717) is 25.7 Å². The highest BCUT2D eigenvalue weighted by molar-refractivity contribution is 9.11. The summed E-state index contributed by atoms with van der Waals surface area (Å²) in [5.41, 5.74) is 5.69. The summed E-state index contributed by atoms with van der Waals surface area (Å²) in [5, 5.41) is 23.3. The Morgan fingerprint density at radius 2 is 1.92 bits per heavy atom. The summed E-state index contributed by atoms with van der Waals surface area (Å²) in [4.78, 5) is 7.59. The summed E-state index contributed by atoms with van der Waals surface area (Å²) in [5.74, 6) is 0.348. The van der Waals surface area contributed by atoms with E-state index in [1.54, 1.807) is 12.3 Å². The van der Waals surface area contributed by atoms with Gasteiger partial charge in [0.2, 0.25) is 0 Å². The number of hydrazone groups is 1. The van der Waals surface area contributed by atoms with E-state index in [1.165, 1.54) is 0 Å². The minimum Gasteiger partial charge on any atom is -0.506 e. The molecule has 0 aliphatic heterocycles. The summed E-state index contributed by atoms with van der Waals surface area (Å²) in [7, 11) is 0. The molecule has 0 radical (unpaired) electrons. The molecule has 4 aromatic rings. The largest absolute Gasteiger partial charge is 0.506 e. The molecule has 4 rings (SSSR count). The first-order valence-electron chi connectivity index (χ1n) is 7.31. The second-order valence-electron chi connectivity index (χ2n) is 5.29. The molecule has 2 aromatic carbocycles. The Labute approximate surface area is 172 Å². The average molecular weight is 541 g/mol. The Balaban J connectivity index is 1.63. The zero-order valence-corrected chi connectivity index (χ0v) is 17.6. The highest BCUT2D eigenvalue weighted by atomic mass is 79.9. The van der Waals surface area contributed by atoms with Crippen molar-refractivity contribution in [3.05, 3.63) is 49.3 Å². The number of para-hydroxylation sites is 1. The molecular weight excluding hydrogens is 532 g/mol. The van der Waals surface area contributed by atoms with Gasteiger partial charge in [-0.15, -0.1) is 10.2 Å². The quantitative estimate of drug-likeness (QED) is 0.252. The number of aromatic amines is 1. The topological polar surface area (TPSA) is 99.1 Å². The van der Waals surface area contributed by atoms with E-state index in [1.807, 2.05) is 24.3 Å². The lowest BCUT2D eigenvalue weighted by atomic mass is 10.2. The van der Waals surface area contributed by atoms with Crippen molar-refractivity contribution in [3.63, 3.8) is 0 Å². The van der Waals surface area contributed by atoms with Crippen molar-refractivity contribution in [2.24, 2.45) is 5.10 Å². The van der Waals surface area contributed by atoms with Crippen LogP contribution < -0.4 is 5.43 Å². The molecule has 0 aliphatic carbocycles. The van der Waals surface area contributed by atoms with E-state index in [9.17, 15) is 5.11 Å². The molecule has 2 heterocycles. The smallest absolute Gasteiger partial charge is 0.265 e. The molecule has 0 spiro atoms. The lowest BCUT2D eigenvalue weighted by Gasteiger charge is -2.06. The van der Waals surface area contributed by atoms with Crippen LogP contribution in [0.15, 0.2) is 48.9 Å². The van der Waals surface area contributed by atoms with Gasteiger partial charge in [-0.25, -0.2) is 5.43 Å². The molecule has 0 saturated carbocycles. The third-order valence-electron chi connectivity index (χ3n) is 3.66. The summed E-state index contributed by atoms with van der Waals surface area (Å²) < 4.78 is 1.83. The van der Waals surface area contributed by atoms with Crippen LogP contribution in [-0.2, 0) is 0 Å². The standard InChI is InChI=1S/C16H9Br3N6O/c17-9-5-10(18)14(26)12(19)8(9)6-20-24-16-22-15-13(23-25-16)7-3-1-2-4-11(7)21-15/h1-6,26H,(H2,21,22,24,25)/b20-6-. The van der Waals surface area contributed by atoms with Crippen molar-refractivity contribution in [2.45, 2.75) is 0 Å². The van der Waals surface area contributed by atoms with Crippen molar-refractivity contribution in [1.29, 1.82) is 0 Å². The molecule has 130 valence electrons. The van der Waals surface area contributed by atoms with Crippen LogP contribution in [-0.4, -0.2) is 31.5 Å². The van der Waals surface area contributed by atoms with E-state index in [0.717, 1.165) is 15.4 Å². The molecule has 10 heteroatoms. The fraction of sp³-hybridized carbons (Fsp3) is 0. The number of rotatable bonds is 3. The molecule has 0 bridgehead atoms. The molecule has 0 fully saturated rings. The van der Waals surface area contributed by atoms with E-state index in [4.69, 9.17) is 0 Å². The summed E-state index contributed by atoms with van der Waals surface area (Å²) in [6, 6.07) is 9.54. The number of hydrogen-bond acceptors (Lipinski definition) is 6. The highest BCUT2D eigenvalue weighted by Gasteiger charge is 2.12. The lowest BCUT2D eigenvalue weighted by molar-refractivity contribution is 0.468. The first kappa shape index (κ1) is 17.4. The third-order valence-corrected chi connectivity index (χ3v) is 5.72. The first-order valence-corrected chi connectivity index (χ1v) is 9.69. The molecule has 0 atom stereocenters. The Kier molecular flexibility index (Phi) is 4.63. The average Bonchev–Trinajstić information content (AvgIpc) is 3.00. The fourth-order valence-corrected chi connectivity index (χ4v) is 4.76. The van der Waals surface area contributed by atoms with Crippen LogP contribution in [0.4, 0.5) is 5.95 Å². The number of hydrogen-bond donors (Lipinski definition) is 3. The number of nitrogens with zero attached hydrogens (tertiary/aromatic N) is 4. The van der Waals surface area contributed by atoms with Crippen molar-refractivity contribution in [1.82, 2.24) is 20.2 Å². The van der Waals surface area contributed by atoms with Crippen LogP contribution in [0.1, 0.15) is 5.56 Å². The molecule has 7 nitrogen and oxygen atoms in total. The number of aromatic hydroxyl groups is 1. The predicted molar refractivity (Wildman–Crippen MR) is 112 cm³/mol. The minimum atomic E-state index is 0.0899. The van der Waals surface area contributed by atoms with E-state index in [-0.39, 0.29) is 11.7 Å². The molecule has 2 aromatic heterocycles. The molecule has 0 aliphatic rings. The van der Waals surface area contributed by atoms with Crippen LogP contribution in [0.2, 0.25) is 0 Å². The van der Waals surface area contributed by atoms with Crippen molar-refractivity contribution in [3.8, 4) is 5.75 Å². The van der Waals surface area contributed by atoms with Crippen LogP contribution in [0.3, 0.4) is 0 Å². The SMILES string of the molecule is Oc1c(Br)cc(Br)c(/C=N\Nc2nnc3c(n2)[nH]c2ccccc23)c1Br. The molecule has 3 N–H and O–H groups in total. The number of phenols is 1. The number of anilines is 1. The van der Waals surface area contributed by atoms with Gasteiger partial charge in [0.15, 0.2) is 5.65 Å². The summed E-state index contributed by atoms with van der Waals surface area (Å²) >= 11 is 10.0. The number of halogens is 3. The zero-order valence-electron chi connectivity index (χ0n) is 12.8. The number of phenolic OH excluding ortho intramolecular Hbond substituents is 1. The van der Waals surface area contributed by atoms with Crippen molar-refractivity contribution in [2.75, 3.05) is 5.43 Å². The maximum Gasteiger partial charge on any atom is 0.265 e. The van der Waals surface area contributed by atoms with Gasteiger partial charge in [-0.2, -0.15) is 10.1 Å². The Morgan fingerprint density at radius 1 is 1.12 bits per heavy atom. The van der Waals surface area contributed by atoms with Gasteiger partial charge in [-0.05, 0) is 44.0 Å². The Hall–Kier alpha value is -2.04. The molecule has 0 amide bonds. The number of benzene rings is 2. The Morgan fingerprint density at radius 3 is 2.77 bits per heavy atom. The first-order chi connectivity index (χ1) is 12.5. The normalized spacial score (nSPS) is 11.7. The van der Waals surface area contributed by atoms with Crippen LogP contribution in [0.25, 0.3) is 22.1 Å². The molecule has 0 unspecified atom stereocenters. The fourth-order valence-electron chi connectivity index (χ4n) is 2.44. The highest BCUT2D eigenvalue weighted by Crippen LogP contribution is 2.38. The molecule has 0 saturated heterocycles. The number of H-pyrrole nitrogens is 1. The monoisotopic (exact) mass is 538 g/mol.